The van der Waals surface area contributed by atoms with Crippen molar-refractivity contribution in [3.05, 3.63) is 58.9 Å². The van der Waals surface area contributed by atoms with Gasteiger partial charge in [0.2, 0.25) is 0 Å². The van der Waals surface area contributed by atoms with Gasteiger partial charge in [-0.2, -0.15) is 4.57 Å². The van der Waals surface area contributed by atoms with Crippen LogP contribution in [0, 0.1) is 20.8 Å². The Bertz CT molecular complexity index is 526. The largest absolute Gasteiger partial charge is 1.00 e. The smallest absolute Gasteiger partial charge is 0.179 e. The summed E-state index contributed by atoms with van der Waals surface area (Å²) >= 11 is 0. The lowest BCUT2D eigenvalue weighted by Gasteiger charge is -2.06. The Hall–Kier alpha value is -1.54. The predicted molar refractivity (Wildman–Crippen MR) is 72.9 cm³/mol. The molecule has 1 aromatic heterocycles. The zero-order chi connectivity index (χ0) is 13.1. The van der Waals surface area contributed by atoms with Crippen LogP contribution in [-0.2, 0) is 6.54 Å². The number of rotatable bonds is 3. The molecule has 19 heavy (non-hydrogen) atoms. The summed E-state index contributed by atoms with van der Waals surface area (Å²) in [5, 5.41) is 0. The second-order valence-electron chi connectivity index (χ2n) is 4.75. The quantitative estimate of drug-likeness (QED) is 0.718. The van der Waals surface area contributed by atoms with E-state index >= 15 is 0 Å². The second kappa shape index (κ2) is 6.58. The summed E-state index contributed by atoms with van der Waals surface area (Å²) < 4.78 is 7.50. The van der Waals surface area contributed by atoms with Gasteiger partial charge >= 0.3 is 0 Å². The molecule has 1 heterocycles. The first-order chi connectivity index (χ1) is 8.60. The van der Waals surface area contributed by atoms with Gasteiger partial charge in [-0.05, 0) is 36.8 Å². The maximum absolute atomic E-state index is 5.18. The molecule has 3 heteroatoms. The molecule has 0 saturated heterocycles. The Morgan fingerprint density at radius 2 is 1.47 bits per heavy atom. The van der Waals surface area contributed by atoms with Crippen LogP contribution in [0.1, 0.15) is 22.5 Å². The fourth-order valence-electron chi connectivity index (χ4n) is 2.30. The summed E-state index contributed by atoms with van der Waals surface area (Å²) in [7, 11) is 1.69. The molecule has 1 aromatic carbocycles. The van der Waals surface area contributed by atoms with E-state index in [1.165, 1.54) is 22.5 Å². The van der Waals surface area contributed by atoms with E-state index in [0.717, 1.165) is 12.3 Å². The minimum Gasteiger partial charge on any atom is -1.00 e. The Morgan fingerprint density at radius 3 is 1.95 bits per heavy atom. The van der Waals surface area contributed by atoms with Gasteiger partial charge in [-0.1, -0.05) is 0 Å². The molecule has 0 radical (unpaired) electrons. The number of methoxy groups -OCH3 is 1. The summed E-state index contributed by atoms with van der Waals surface area (Å²) in [5.74, 6) is 0.904. The lowest BCUT2D eigenvalue weighted by molar-refractivity contribution is -0.700. The van der Waals surface area contributed by atoms with Crippen molar-refractivity contribution < 1.29 is 21.7 Å². The minimum atomic E-state index is 0. The molecule has 0 aliphatic rings. The number of aromatic nitrogens is 1. The molecule has 2 aromatic rings. The van der Waals surface area contributed by atoms with Gasteiger partial charge in [0.25, 0.3) is 0 Å². The normalized spacial score (nSPS) is 9.89. The number of nitrogens with zero attached hydrogens (tertiary/aromatic N) is 1. The van der Waals surface area contributed by atoms with Gasteiger partial charge < -0.3 is 17.1 Å². The van der Waals surface area contributed by atoms with Crippen LogP contribution in [-0.4, -0.2) is 7.11 Å². The van der Waals surface area contributed by atoms with Gasteiger partial charge in [0.05, 0.1) is 7.11 Å². The minimum absolute atomic E-state index is 0. The molecule has 0 atom stereocenters. The number of halogens is 1. The van der Waals surface area contributed by atoms with Crippen LogP contribution in [0.3, 0.4) is 0 Å². The number of ether oxygens (including phenoxy) is 1. The van der Waals surface area contributed by atoms with E-state index in [9.17, 15) is 0 Å². The van der Waals surface area contributed by atoms with Crippen molar-refractivity contribution in [1.29, 1.82) is 0 Å². The average molecular weight is 278 g/mol. The number of hydrogen-bond acceptors (Lipinski definition) is 1. The van der Waals surface area contributed by atoms with Gasteiger partial charge in [0.15, 0.2) is 17.9 Å². The van der Waals surface area contributed by atoms with Crippen LogP contribution in [0.5, 0.6) is 5.75 Å². The first kappa shape index (κ1) is 15.5. The third-order valence-electron chi connectivity index (χ3n) is 3.22. The van der Waals surface area contributed by atoms with E-state index in [-0.39, 0.29) is 12.4 Å². The number of benzene rings is 1. The Balaban J connectivity index is 0.00000180. The van der Waals surface area contributed by atoms with Crippen LogP contribution in [0.15, 0.2) is 36.4 Å². The maximum Gasteiger partial charge on any atom is 0.179 e. The van der Waals surface area contributed by atoms with Crippen LogP contribution in [0.4, 0.5) is 0 Å². The van der Waals surface area contributed by atoms with Gasteiger partial charge in [-0.15, -0.1) is 0 Å². The molecular weight excluding hydrogens is 258 g/mol. The molecule has 0 amide bonds. The average Bonchev–Trinajstić information content (AvgIpc) is 2.34. The lowest BCUT2D eigenvalue weighted by Crippen LogP contribution is -3.00. The summed E-state index contributed by atoms with van der Waals surface area (Å²) in [6, 6.07) is 12.7. The van der Waals surface area contributed by atoms with Crippen LogP contribution in [0.25, 0.3) is 0 Å². The van der Waals surface area contributed by atoms with Gasteiger partial charge in [0, 0.05) is 31.5 Å². The van der Waals surface area contributed by atoms with Gasteiger partial charge in [-0.25, -0.2) is 0 Å². The van der Waals surface area contributed by atoms with Gasteiger partial charge in [-0.3, -0.25) is 0 Å². The molecule has 2 rings (SSSR count). The number of aryl methyl sites for hydroxylation is 3. The lowest BCUT2D eigenvalue weighted by atomic mass is 10.1. The highest BCUT2D eigenvalue weighted by Crippen LogP contribution is 2.11. The van der Waals surface area contributed by atoms with E-state index in [0.29, 0.717) is 0 Å². The molecule has 0 fully saturated rings. The third-order valence-corrected chi connectivity index (χ3v) is 3.22. The van der Waals surface area contributed by atoms with Crippen molar-refractivity contribution in [1.82, 2.24) is 0 Å². The summed E-state index contributed by atoms with van der Waals surface area (Å²) in [4.78, 5) is 0. The summed E-state index contributed by atoms with van der Waals surface area (Å²) in [6.45, 7) is 7.35. The molecule has 0 saturated carbocycles. The monoisotopic (exact) mass is 277 g/mol. The van der Waals surface area contributed by atoms with E-state index < -0.39 is 0 Å². The molecule has 0 aliphatic carbocycles. The Kier molecular flexibility index (Phi) is 5.37. The van der Waals surface area contributed by atoms with Crippen molar-refractivity contribution in [2.24, 2.45) is 0 Å². The molecular formula is C16H20ClNO. The highest BCUT2D eigenvalue weighted by Gasteiger charge is 2.12. The standard InChI is InChI=1S/C16H20NO.ClH/c1-12-9-13(2)17(14(3)10-12)11-15-5-7-16(18-4)8-6-15;/h5-10H,11H2,1-4H3;1H/q+1;/p-1. The second-order valence-corrected chi connectivity index (χ2v) is 4.75. The van der Waals surface area contributed by atoms with Crippen LogP contribution in [0.2, 0.25) is 0 Å². The van der Waals surface area contributed by atoms with Crippen molar-refractivity contribution in [2.75, 3.05) is 7.11 Å². The predicted octanol–water partition coefficient (Wildman–Crippen LogP) is -0.0397. The molecule has 0 aliphatic heterocycles. The highest BCUT2D eigenvalue weighted by molar-refractivity contribution is 5.26. The fourth-order valence-corrected chi connectivity index (χ4v) is 2.30. The van der Waals surface area contributed by atoms with Crippen molar-refractivity contribution in [2.45, 2.75) is 27.3 Å². The molecule has 0 N–H and O–H groups in total. The SMILES string of the molecule is COc1ccc(C[n+]2c(C)cc(C)cc2C)cc1.[Cl-]. The zero-order valence-electron chi connectivity index (χ0n) is 11.9. The molecule has 0 spiro atoms. The van der Waals surface area contributed by atoms with Crippen LogP contribution >= 0.6 is 0 Å². The van der Waals surface area contributed by atoms with Crippen molar-refractivity contribution in [3.63, 3.8) is 0 Å². The molecule has 0 bridgehead atoms. The topological polar surface area (TPSA) is 13.1 Å². The number of pyridine rings is 1. The third kappa shape index (κ3) is 3.71. The van der Waals surface area contributed by atoms with Gasteiger partial charge in [0.1, 0.15) is 5.75 Å². The summed E-state index contributed by atoms with van der Waals surface area (Å²) in [6.07, 6.45) is 0. The van der Waals surface area contributed by atoms with E-state index in [4.69, 9.17) is 4.74 Å². The highest BCUT2D eigenvalue weighted by atomic mass is 35.5. The zero-order valence-corrected chi connectivity index (χ0v) is 12.7. The number of hydrogen-bond donors (Lipinski definition) is 0. The molecule has 102 valence electrons. The van der Waals surface area contributed by atoms with Crippen molar-refractivity contribution >= 4 is 0 Å². The first-order valence-electron chi connectivity index (χ1n) is 6.21. The van der Waals surface area contributed by atoms with E-state index in [1.807, 2.05) is 12.1 Å². The molecule has 2 nitrogen and oxygen atoms in total. The van der Waals surface area contributed by atoms with Crippen LogP contribution < -0.4 is 21.7 Å². The van der Waals surface area contributed by atoms with E-state index in [2.05, 4.69) is 49.6 Å². The first-order valence-corrected chi connectivity index (χ1v) is 6.21. The maximum atomic E-state index is 5.18. The van der Waals surface area contributed by atoms with Crippen molar-refractivity contribution in [3.8, 4) is 5.75 Å². The Labute approximate surface area is 121 Å². The molecule has 0 unspecified atom stereocenters. The Morgan fingerprint density at radius 1 is 0.947 bits per heavy atom. The van der Waals surface area contributed by atoms with E-state index in [1.54, 1.807) is 7.11 Å². The summed E-state index contributed by atoms with van der Waals surface area (Å²) in [5.41, 5.74) is 5.19. The fraction of sp³-hybridized carbons (Fsp3) is 0.312.